The van der Waals surface area contributed by atoms with Gasteiger partial charge in [0.1, 0.15) is 0 Å². The number of aryl methyl sites for hydroxylation is 1. The van der Waals surface area contributed by atoms with Crippen LogP contribution in [-0.2, 0) is 14.8 Å². The number of nitrogens with one attached hydrogen (secondary N) is 2. The molecule has 1 amide bonds. The van der Waals surface area contributed by atoms with Gasteiger partial charge in [0.05, 0.1) is 11.7 Å². The summed E-state index contributed by atoms with van der Waals surface area (Å²) in [5.41, 5.74) is 1.59. The van der Waals surface area contributed by atoms with Crippen LogP contribution in [0.3, 0.4) is 0 Å². The maximum absolute atomic E-state index is 12.3. The number of rotatable bonds is 6. The topological polar surface area (TPSA) is 75.3 Å². The molecule has 0 bridgehead atoms. The molecule has 0 aromatic heterocycles. The Bertz CT molecular complexity index is 633. The monoisotopic (exact) mass is 352 g/mol. The standard InChI is InChI=1S/C18H28N2O3S/c1-14-9-11-17(12-10-14)20-24(22,23)13-15(2)18(21)19-16-7-5-3-4-6-8-16/h9-12,15-16,20H,3-8,13H2,1-2H3,(H,19,21). The SMILES string of the molecule is Cc1ccc(NS(=O)(=O)CC(C)C(=O)NC2CCCCCC2)cc1. The Morgan fingerprint density at radius 1 is 1.12 bits per heavy atom. The van der Waals surface area contributed by atoms with Crippen LogP contribution in [-0.4, -0.2) is 26.1 Å². The van der Waals surface area contributed by atoms with Crippen molar-refractivity contribution in [3.05, 3.63) is 29.8 Å². The number of carbonyl (C=O) groups is 1. The minimum atomic E-state index is -3.55. The van der Waals surface area contributed by atoms with Gasteiger partial charge in [0.25, 0.3) is 0 Å². The van der Waals surface area contributed by atoms with Gasteiger partial charge in [0.15, 0.2) is 0 Å². The van der Waals surface area contributed by atoms with Gasteiger partial charge in [-0.2, -0.15) is 0 Å². The molecule has 0 radical (unpaired) electrons. The molecule has 134 valence electrons. The van der Waals surface area contributed by atoms with Crippen molar-refractivity contribution in [1.82, 2.24) is 5.32 Å². The fourth-order valence-electron chi connectivity index (χ4n) is 3.01. The molecule has 6 heteroatoms. The van der Waals surface area contributed by atoms with Crippen LogP contribution in [0.5, 0.6) is 0 Å². The molecular formula is C18H28N2O3S. The molecule has 1 aromatic carbocycles. The number of hydrogen-bond acceptors (Lipinski definition) is 3. The molecule has 1 aliphatic carbocycles. The second-order valence-corrected chi connectivity index (χ2v) is 8.61. The average Bonchev–Trinajstić information content (AvgIpc) is 2.77. The second kappa shape index (κ2) is 8.51. The molecule has 2 N–H and O–H groups in total. The summed E-state index contributed by atoms with van der Waals surface area (Å²) in [5, 5.41) is 3.02. The van der Waals surface area contributed by atoms with Crippen molar-refractivity contribution < 1.29 is 13.2 Å². The molecule has 1 fully saturated rings. The normalized spacial score (nSPS) is 17.8. The number of sulfonamides is 1. The zero-order chi connectivity index (χ0) is 17.6. The Hall–Kier alpha value is -1.56. The van der Waals surface area contributed by atoms with Gasteiger partial charge in [-0.05, 0) is 31.9 Å². The van der Waals surface area contributed by atoms with E-state index in [1.807, 2.05) is 19.1 Å². The largest absolute Gasteiger partial charge is 0.353 e. The van der Waals surface area contributed by atoms with E-state index in [2.05, 4.69) is 10.0 Å². The molecule has 0 saturated heterocycles. The number of carbonyl (C=O) groups excluding carboxylic acids is 1. The van der Waals surface area contributed by atoms with Gasteiger partial charge < -0.3 is 5.32 Å². The maximum atomic E-state index is 12.3. The van der Waals surface area contributed by atoms with E-state index in [1.165, 1.54) is 12.8 Å². The van der Waals surface area contributed by atoms with Crippen molar-refractivity contribution >= 4 is 21.6 Å². The lowest BCUT2D eigenvalue weighted by atomic mass is 10.1. The molecule has 1 aromatic rings. The second-order valence-electron chi connectivity index (χ2n) is 6.85. The van der Waals surface area contributed by atoms with Crippen molar-refractivity contribution in [1.29, 1.82) is 0 Å². The molecule has 1 aliphatic rings. The van der Waals surface area contributed by atoms with Crippen LogP contribution in [0.15, 0.2) is 24.3 Å². The van der Waals surface area contributed by atoms with Crippen molar-refractivity contribution in [3.63, 3.8) is 0 Å². The van der Waals surface area contributed by atoms with E-state index in [4.69, 9.17) is 0 Å². The van der Waals surface area contributed by atoms with E-state index in [9.17, 15) is 13.2 Å². The number of anilines is 1. The summed E-state index contributed by atoms with van der Waals surface area (Å²) in [5.74, 6) is -0.952. The van der Waals surface area contributed by atoms with E-state index in [0.717, 1.165) is 31.2 Å². The molecule has 0 aliphatic heterocycles. The first kappa shape index (κ1) is 18.8. The Morgan fingerprint density at radius 2 is 1.71 bits per heavy atom. The van der Waals surface area contributed by atoms with Crippen molar-refractivity contribution in [2.75, 3.05) is 10.5 Å². The third kappa shape index (κ3) is 6.15. The van der Waals surface area contributed by atoms with Gasteiger partial charge in [-0.1, -0.05) is 50.3 Å². The Labute approximate surface area is 145 Å². The van der Waals surface area contributed by atoms with Gasteiger partial charge in [-0.25, -0.2) is 8.42 Å². The van der Waals surface area contributed by atoms with Crippen LogP contribution in [0, 0.1) is 12.8 Å². The van der Waals surface area contributed by atoms with Crippen molar-refractivity contribution in [2.45, 2.75) is 58.4 Å². The lowest BCUT2D eigenvalue weighted by Gasteiger charge is -2.19. The fraction of sp³-hybridized carbons (Fsp3) is 0.611. The molecule has 5 nitrogen and oxygen atoms in total. The predicted molar refractivity (Wildman–Crippen MR) is 97.4 cm³/mol. The molecule has 0 heterocycles. The number of benzene rings is 1. The van der Waals surface area contributed by atoms with Gasteiger partial charge in [0, 0.05) is 11.7 Å². The predicted octanol–water partition coefficient (Wildman–Crippen LogP) is 3.21. The first-order valence-electron chi connectivity index (χ1n) is 8.73. The summed E-state index contributed by atoms with van der Waals surface area (Å²) in [6.07, 6.45) is 6.69. The highest BCUT2D eigenvalue weighted by Crippen LogP contribution is 2.18. The molecule has 24 heavy (non-hydrogen) atoms. The van der Waals surface area contributed by atoms with E-state index in [0.29, 0.717) is 5.69 Å². The Balaban J connectivity index is 1.87. The van der Waals surface area contributed by atoms with Crippen molar-refractivity contribution in [3.8, 4) is 0 Å². The summed E-state index contributed by atoms with van der Waals surface area (Å²) in [6.45, 7) is 3.61. The van der Waals surface area contributed by atoms with E-state index >= 15 is 0 Å². The van der Waals surface area contributed by atoms with E-state index in [-0.39, 0.29) is 17.7 Å². The maximum Gasteiger partial charge on any atom is 0.233 e. The van der Waals surface area contributed by atoms with Crippen LogP contribution in [0.25, 0.3) is 0 Å². The van der Waals surface area contributed by atoms with Crippen molar-refractivity contribution in [2.24, 2.45) is 5.92 Å². The molecule has 0 spiro atoms. The first-order chi connectivity index (χ1) is 11.4. The first-order valence-corrected chi connectivity index (χ1v) is 10.4. The molecule has 1 saturated carbocycles. The highest BCUT2D eigenvalue weighted by Gasteiger charge is 2.24. The molecule has 1 unspecified atom stereocenters. The Morgan fingerprint density at radius 3 is 2.29 bits per heavy atom. The van der Waals surface area contributed by atoms with Crippen LogP contribution in [0.4, 0.5) is 5.69 Å². The summed E-state index contributed by atoms with van der Waals surface area (Å²) < 4.78 is 27.0. The number of hydrogen-bond donors (Lipinski definition) is 2. The Kier molecular flexibility index (Phi) is 6.66. The zero-order valence-corrected chi connectivity index (χ0v) is 15.4. The van der Waals surface area contributed by atoms with Crippen LogP contribution < -0.4 is 10.0 Å². The third-order valence-corrected chi connectivity index (χ3v) is 5.93. The molecule has 1 atom stereocenters. The van der Waals surface area contributed by atoms with Crippen LogP contribution in [0.1, 0.15) is 51.0 Å². The van der Waals surface area contributed by atoms with Crippen LogP contribution >= 0.6 is 0 Å². The highest BCUT2D eigenvalue weighted by molar-refractivity contribution is 7.92. The summed E-state index contributed by atoms with van der Waals surface area (Å²) in [7, 11) is -3.55. The quantitative estimate of drug-likeness (QED) is 0.772. The minimum Gasteiger partial charge on any atom is -0.353 e. The van der Waals surface area contributed by atoms with Crippen LogP contribution in [0.2, 0.25) is 0 Å². The fourth-order valence-corrected chi connectivity index (χ4v) is 4.40. The smallest absolute Gasteiger partial charge is 0.233 e. The molecular weight excluding hydrogens is 324 g/mol. The number of amides is 1. The van der Waals surface area contributed by atoms with Gasteiger partial charge in [-0.3, -0.25) is 9.52 Å². The third-order valence-electron chi connectivity index (χ3n) is 4.44. The summed E-state index contributed by atoms with van der Waals surface area (Å²) >= 11 is 0. The highest BCUT2D eigenvalue weighted by atomic mass is 32.2. The summed E-state index contributed by atoms with van der Waals surface area (Å²) in [4.78, 5) is 12.3. The molecule has 2 rings (SSSR count). The van der Waals surface area contributed by atoms with E-state index < -0.39 is 15.9 Å². The van der Waals surface area contributed by atoms with E-state index in [1.54, 1.807) is 19.1 Å². The van der Waals surface area contributed by atoms with Gasteiger partial charge in [0.2, 0.25) is 15.9 Å². The van der Waals surface area contributed by atoms with Gasteiger partial charge >= 0.3 is 0 Å². The minimum absolute atomic E-state index is 0.170. The lowest BCUT2D eigenvalue weighted by Crippen LogP contribution is -2.40. The summed E-state index contributed by atoms with van der Waals surface area (Å²) in [6, 6.07) is 7.34. The lowest BCUT2D eigenvalue weighted by molar-refractivity contribution is -0.124. The average molecular weight is 353 g/mol. The zero-order valence-electron chi connectivity index (χ0n) is 14.5. The van der Waals surface area contributed by atoms with Gasteiger partial charge in [-0.15, -0.1) is 0 Å².